The molecule has 0 aliphatic carbocycles. The molecular formula is C16H13ClFN3OS. The number of rotatable bonds is 5. The maximum atomic E-state index is 12.8. The van der Waals surface area contributed by atoms with Crippen molar-refractivity contribution in [1.29, 1.82) is 0 Å². The molecule has 2 N–H and O–H groups in total. The van der Waals surface area contributed by atoms with Crippen molar-refractivity contribution in [3.63, 3.8) is 0 Å². The third kappa shape index (κ3) is 4.24. The molecule has 3 rings (SSSR count). The van der Waals surface area contributed by atoms with Crippen LogP contribution < -0.4 is 5.32 Å². The van der Waals surface area contributed by atoms with Gasteiger partial charge in [-0.05, 0) is 35.9 Å². The van der Waals surface area contributed by atoms with Gasteiger partial charge in [-0.15, -0.1) is 0 Å². The van der Waals surface area contributed by atoms with Crippen LogP contribution in [0.1, 0.15) is 5.56 Å². The van der Waals surface area contributed by atoms with E-state index in [9.17, 15) is 9.18 Å². The molecule has 0 spiro atoms. The lowest BCUT2D eigenvalue weighted by atomic mass is 10.2. The summed E-state index contributed by atoms with van der Waals surface area (Å²) in [5.41, 5.74) is 2.50. The molecule has 0 fully saturated rings. The zero-order valence-corrected chi connectivity index (χ0v) is 13.5. The largest absolute Gasteiger partial charge is 0.351 e. The zero-order valence-electron chi connectivity index (χ0n) is 12.0. The van der Waals surface area contributed by atoms with E-state index in [4.69, 9.17) is 11.6 Å². The Morgan fingerprint density at radius 2 is 2.04 bits per heavy atom. The number of imidazole rings is 1. The summed E-state index contributed by atoms with van der Waals surface area (Å²) in [5.74, 6) is -0.159. The Hall–Kier alpha value is -2.05. The Kier molecular flexibility index (Phi) is 4.83. The predicted octanol–water partition coefficient (Wildman–Crippen LogP) is 3.76. The number of aromatic amines is 1. The monoisotopic (exact) mass is 349 g/mol. The number of amides is 1. The molecule has 0 aliphatic heterocycles. The molecule has 0 radical (unpaired) electrons. The second-order valence-corrected chi connectivity index (χ2v) is 6.30. The first kappa shape index (κ1) is 15.8. The number of fused-ring (bicyclic) bond motifs is 1. The predicted molar refractivity (Wildman–Crippen MR) is 90.1 cm³/mol. The van der Waals surface area contributed by atoms with Crippen molar-refractivity contribution in [1.82, 2.24) is 15.3 Å². The molecule has 0 atom stereocenters. The van der Waals surface area contributed by atoms with Crippen LogP contribution in [0, 0.1) is 5.82 Å². The SMILES string of the molecule is O=C(CSc1nc2ccc(Cl)cc2[nH]1)NCc1ccc(F)cc1. The van der Waals surface area contributed by atoms with Crippen molar-refractivity contribution < 1.29 is 9.18 Å². The quantitative estimate of drug-likeness (QED) is 0.689. The Morgan fingerprint density at radius 1 is 1.26 bits per heavy atom. The van der Waals surface area contributed by atoms with Gasteiger partial charge < -0.3 is 10.3 Å². The van der Waals surface area contributed by atoms with E-state index in [2.05, 4.69) is 15.3 Å². The number of H-pyrrole nitrogens is 1. The third-order valence-corrected chi connectivity index (χ3v) is 4.27. The lowest BCUT2D eigenvalue weighted by Gasteiger charge is -2.04. The molecule has 3 aromatic rings. The van der Waals surface area contributed by atoms with E-state index in [0.717, 1.165) is 16.6 Å². The van der Waals surface area contributed by atoms with Crippen molar-refractivity contribution in [2.75, 3.05) is 5.75 Å². The fraction of sp³-hybridized carbons (Fsp3) is 0.125. The first-order chi connectivity index (χ1) is 11.1. The second kappa shape index (κ2) is 7.02. The van der Waals surface area contributed by atoms with Crippen molar-refractivity contribution in [3.05, 3.63) is 58.9 Å². The minimum atomic E-state index is -0.291. The molecule has 1 aromatic heterocycles. The highest BCUT2D eigenvalue weighted by molar-refractivity contribution is 7.99. The number of nitrogens with zero attached hydrogens (tertiary/aromatic N) is 1. The molecule has 0 bridgehead atoms. The second-order valence-electron chi connectivity index (χ2n) is 4.90. The number of halogens is 2. The molecule has 1 amide bonds. The van der Waals surface area contributed by atoms with E-state index >= 15 is 0 Å². The van der Waals surface area contributed by atoms with Crippen molar-refractivity contribution >= 4 is 40.3 Å². The van der Waals surface area contributed by atoms with E-state index in [1.165, 1.54) is 23.9 Å². The van der Waals surface area contributed by atoms with E-state index < -0.39 is 0 Å². The summed E-state index contributed by atoms with van der Waals surface area (Å²) in [6, 6.07) is 11.4. The van der Waals surface area contributed by atoms with Crippen molar-refractivity contribution in [3.8, 4) is 0 Å². The maximum absolute atomic E-state index is 12.8. The van der Waals surface area contributed by atoms with Crippen LogP contribution in [0.15, 0.2) is 47.6 Å². The van der Waals surface area contributed by atoms with E-state index in [1.54, 1.807) is 24.3 Å². The molecular weight excluding hydrogens is 337 g/mol. The van der Waals surface area contributed by atoms with Gasteiger partial charge >= 0.3 is 0 Å². The standard InChI is InChI=1S/C16H13ClFN3OS/c17-11-3-6-13-14(7-11)21-16(20-13)23-9-15(22)19-8-10-1-4-12(18)5-2-10/h1-7H,8-9H2,(H,19,22)(H,20,21). The Balaban J connectivity index is 1.52. The number of carbonyl (C=O) groups excluding carboxylic acids is 1. The summed E-state index contributed by atoms with van der Waals surface area (Å²) in [4.78, 5) is 19.4. The van der Waals surface area contributed by atoms with Gasteiger partial charge in [0.15, 0.2) is 5.16 Å². The van der Waals surface area contributed by atoms with E-state index in [1.807, 2.05) is 6.07 Å². The smallest absolute Gasteiger partial charge is 0.230 e. The van der Waals surface area contributed by atoms with Gasteiger partial charge in [-0.1, -0.05) is 35.5 Å². The fourth-order valence-corrected chi connectivity index (χ4v) is 2.90. The van der Waals surface area contributed by atoms with Gasteiger partial charge in [0.05, 0.1) is 16.8 Å². The van der Waals surface area contributed by atoms with Crippen molar-refractivity contribution in [2.45, 2.75) is 11.7 Å². The van der Waals surface area contributed by atoms with Crippen LogP contribution in [-0.4, -0.2) is 21.6 Å². The van der Waals surface area contributed by atoms with Gasteiger partial charge in [-0.2, -0.15) is 0 Å². The third-order valence-electron chi connectivity index (χ3n) is 3.17. The maximum Gasteiger partial charge on any atom is 0.230 e. The molecule has 0 aliphatic rings. The first-order valence-electron chi connectivity index (χ1n) is 6.89. The highest BCUT2D eigenvalue weighted by atomic mass is 35.5. The molecule has 0 saturated carbocycles. The molecule has 4 nitrogen and oxygen atoms in total. The molecule has 1 heterocycles. The minimum Gasteiger partial charge on any atom is -0.351 e. The number of hydrogen-bond acceptors (Lipinski definition) is 3. The van der Waals surface area contributed by atoms with E-state index in [-0.39, 0.29) is 17.5 Å². The van der Waals surface area contributed by atoms with Gasteiger partial charge in [0, 0.05) is 11.6 Å². The van der Waals surface area contributed by atoms with Crippen LogP contribution >= 0.6 is 23.4 Å². The highest BCUT2D eigenvalue weighted by Gasteiger charge is 2.07. The summed E-state index contributed by atoms with van der Waals surface area (Å²) in [5, 5.41) is 4.09. The normalized spacial score (nSPS) is 10.9. The van der Waals surface area contributed by atoms with Crippen molar-refractivity contribution in [2.24, 2.45) is 0 Å². The summed E-state index contributed by atoms with van der Waals surface area (Å²) in [6.07, 6.45) is 0. The fourth-order valence-electron chi connectivity index (χ4n) is 2.01. The van der Waals surface area contributed by atoms with Crippen LogP contribution in [0.25, 0.3) is 11.0 Å². The van der Waals surface area contributed by atoms with Gasteiger partial charge in [-0.25, -0.2) is 9.37 Å². The van der Waals surface area contributed by atoms with Gasteiger partial charge in [-0.3, -0.25) is 4.79 Å². The van der Waals surface area contributed by atoms with Gasteiger partial charge in [0.1, 0.15) is 5.82 Å². The van der Waals surface area contributed by atoms with E-state index in [0.29, 0.717) is 16.7 Å². The number of benzene rings is 2. The van der Waals surface area contributed by atoms with Gasteiger partial charge in [0.2, 0.25) is 5.91 Å². The average molecular weight is 350 g/mol. The number of aromatic nitrogens is 2. The van der Waals surface area contributed by atoms with Crippen LogP contribution in [-0.2, 0) is 11.3 Å². The Labute approximate surface area is 141 Å². The Bertz CT molecular complexity index is 835. The summed E-state index contributed by atoms with van der Waals surface area (Å²) >= 11 is 7.24. The number of carbonyl (C=O) groups is 1. The lowest BCUT2D eigenvalue weighted by molar-refractivity contribution is -0.118. The molecule has 0 saturated heterocycles. The molecule has 0 unspecified atom stereocenters. The summed E-state index contributed by atoms with van der Waals surface area (Å²) in [6.45, 7) is 0.370. The first-order valence-corrected chi connectivity index (χ1v) is 8.26. The number of hydrogen-bond donors (Lipinski definition) is 2. The van der Waals surface area contributed by atoms with Gasteiger partial charge in [0.25, 0.3) is 0 Å². The zero-order chi connectivity index (χ0) is 16.2. The van der Waals surface area contributed by atoms with Crippen LogP contribution in [0.2, 0.25) is 5.02 Å². The molecule has 118 valence electrons. The number of thioether (sulfide) groups is 1. The summed E-state index contributed by atoms with van der Waals surface area (Å²) < 4.78 is 12.8. The topological polar surface area (TPSA) is 57.8 Å². The molecule has 23 heavy (non-hydrogen) atoms. The highest BCUT2D eigenvalue weighted by Crippen LogP contribution is 2.22. The van der Waals surface area contributed by atoms with Crippen LogP contribution in [0.4, 0.5) is 4.39 Å². The Morgan fingerprint density at radius 3 is 2.83 bits per heavy atom. The average Bonchev–Trinajstić information content (AvgIpc) is 2.94. The number of nitrogens with one attached hydrogen (secondary N) is 2. The lowest BCUT2D eigenvalue weighted by Crippen LogP contribution is -2.24. The molecule has 2 aromatic carbocycles. The molecule has 7 heteroatoms. The minimum absolute atomic E-state index is 0.113. The van der Waals surface area contributed by atoms with Crippen LogP contribution in [0.5, 0.6) is 0 Å². The summed E-state index contributed by atoms with van der Waals surface area (Å²) in [7, 11) is 0. The van der Waals surface area contributed by atoms with Crippen LogP contribution in [0.3, 0.4) is 0 Å².